The summed E-state index contributed by atoms with van der Waals surface area (Å²) in [7, 11) is 0. The molecule has 0 saturated heterocycles. The molecule has 1 nitrogen and oxygen atoms in total. The summed E-state index contributed by atoms with van der Waals surface area (Å²) in [5.74, 6) is 0.829. The lowest BCUT2D eigenvalue weighted by molar-refractivity contribution is 0.253. The lowest BCUT2D eigenvalue weighted by Gasteiger charge is -2.07. The Kier molecular flexibility index (Phi) is 5.58. The maximum absolute atomic E-state index is 5.49. The van der Waals surface area contributed by atoms with E-state index in [-0.39, 0.29) is 15.6 Å². The number of rotatable bonds is 4. The fourth-order valence-corrected chi connectivity index (χ4v) is 1.62. The smallest absolute Gasteiger partial charge is 0.436 e. The van der Waals surface area contributed by atoms with Gasteiger partial charge in [0, 0.05) is 6.10 Å². The van der Waals surface area contributed by atoms with Crippen molar-refractivity contribution >= 4 is 15.6 Å². The molecule has 0 atom stereocenters. The molecule has 0 aromatic rings. The van der Waals surface area contributed by atoms with Crippen molar-refractivity contribution in [2.75, 3.05) is 0 Å². The van der Waals surface area contributed by atoms with Crippen molar-refractivity contribution in [2.45, 2.75) is 39.1 Å². The van der Waals surface area contributed by atoms with E-state index in [1.165, 1.54) is 5.28 Å². The van der Waals surface area contributed by atoms with Gasteiger partial charge in [-0.25, -0.2) is 0 Å². The fourth-order valence-electron chi connectivity index (χ4n) is 0.539. The highest BCUT2D eigenvalue weighted by molar-refractivity contribution is 6.27. The van der Waals surface area contributed by atoms with Crippen LogP contribution in [-0.4, -0.2) is 21.7 Å². The second kappa shape index (κ2) is 5.29. The average molecular weight is 144 g/mol. The molecule has 0 saturated carbocycles. The van der Waals surface area contributed by atoms with Crippen LogP contribution in [0, 0.1) is 5.92 Å². The van der Waals surface area contributed by atoms with Gasteiger partial charge in [-0.2, -0.15) is 0 Å². The van der Waals surface area contributed by atoms with E-state index in [4.69, 9.17) is 3.79 Å². The molecule has 0 aliphatic heterocycles. The van der Waals surface area contributed by atoms with Crippen molar-refractivity contribution in [3.05, 3.63) is 0 Å². The topological polar surface area (TPSA) is 9.23 Å². The first kappa shape index (κ1) is 9.49. The van der Waals surface area contributed by atoms with Gasteiger partial charge in [0.2, 0.25) is 0 Å². The Morgan fingerprint density at radius 2 is 1.78 bits per heavy atom. The van der Waals surface area contributed by atoms with Crippen molar-refractivity contribution < 1.29 is 3.79 Å². The van der Waals surface area contributed by atoms with E-state index in [1.807, 2.05) is 0 Å². The van der Waals surface area contributed by atoms with E-state index >= 15 is 0 Å². The third-order valence-corrected chi connectivity index (χ3v) is 3.44. The van der Waals surface area contributed by atoms with Crippen LogP contribution >= 0.6 is 0 Å². The molecule has 2 heteroatoms. The molecule has 0 rings (SSSR count). The maximum Gasteiger partial charge on any atom is 0.436 e. The van der Waals surface area contributed by atoms with Gasteiger partial charge in [-0.15, -0.1) is 0 Å². The lowest BCUT2D eigenvalue weighted by Crippen LogP contribution is -2.08. The molecule has 0 aliphatic carbocycles. The third-order valence-electron chi connectivity index (χ3n) is 1.15. The second-order valence-electron chi connectivity index (χ2n) is 3.10. The quantitative estimate of drug-likeness (QED) is 0.547. The van der Waals surface area contributed by atoms with Crippen LogP contribution in [-0.2, 0) is 3.79 Å². The van der Waals surface area contributed by atoms with Gasteiger partial charge in [0.25, 0.3) is 0 Å². The first-order chi connectivity index (χ1) is 4.13. The second-order valence-corrected chi connectivity index (χ2v) is 4.42. The molecule has 0 aliphatic rings. The van der Waals surface area contributed by atoms with E-state index in [1.54, 1.807) is 0 Å². The first-order valence-corrected chi connectivity index (χ1v) is 5.32. The molecule has 0 amide bonds. The molecule has 0 N–H and O–H groups in total. The summed E-state index contributed by atoms with van der Waals surface area (Å²) in [6.07, 6.45) is 0.454. The molecular formula is C7H17AlO. The molecule has 0 radical (unpaired) electrons. The van der Waals surface area contributed by atoms with Gasteiger partial charge in [0.05, 0.1) is 0 Å². The third kappa shape index (κ3) is 8.49. The largest absolute Gasteiger partial charge is 0.501 e. The van der Waals surface area contributed by atoms with Crippen LogP contribution in [0.25, 0.3) is 0 Å². The highest BCUT2D eigenvalue weighted by Gasteiger charge is 2.00. The summed E-state index contributed by atoms with van der Waals surface area (Å²) >= 11 is -0.184. The van der Waals surface area contributed by atoms with E-state index in [2.05, 4.69) is 27.7 Å². The summed E-state index contributed by atoms with van der Waals surface area (Å²) in [6.45, 7) is 8.70. The Hall–Kier alpha value is 0.492. The Bertz CT molecular complexity index is 53.9. The summed E-state index contributed by atoms with van der Waals surface area (Å²) in [5, 5.41) is 1.32. The molecule has 0 fully saturated rings. The SMILES string of the molecule is CC(C)[CH2][AlH][O]C(C)C. The minimum absolute atomic E-state index is 0.184. The summed E-state index contributed by atoms with van der Waals surface area (Å²) in [4.78, 5) is 0. The van der Waals surface area contributed by atoms with Gasteiger partial charge in [0.15, 0.2) is 0 Å². The van der Waals surface area contributed by atoms with Crippen LogP contribution in [0.3, 0.4) is 0 Å². The molecular weight excluding hydrogens is 127 g/mol. The van der Waals surface area contributed by atoms with E-state index in [0.717, 1.165) is 5.92 Å². The zero-order chi connectivity index (χ0) is 7.28. The van der Waals surface area contributed by atoms with Gasteiger partial charge >= 0.3 is 15.6 Å². The molecule has 0 aromatic carbocycles. The van der Waals surface area contributed by atoms with Crippen molar-refractivity contribution in [3.63, 3.8) is 0 Å². The molecule has 0 unspecified atom stereocenters. The van der Waals surface area contributed by atoms with Gasteiger partial charge in [-0.1, -0.05) is 25.0 Å². The Labute approximate surface area is 64.8 Å². The van der Waals surface area contributed by atoms with Gasteiger partial charge in [-0.05, 0) is 13.8 Å². The van der Waals surface area contributed by atoms with Crippen LogP contribution in [0.4, 0.5) is 0 Å². The predicted molar refractivity (Wildman–Crippen MR) is 43.0 cm³/mol. The molecule has 0 bridgehead atoms. The van der Waals surface area contributed by atoms with Crippen LogP contribution in [0.2, 0.25) is 5.28 Å². The Morgan fingerprint density at radius 3 is 2.11 bits per heavy atom. The fraction of sp³-hybridized carbons (Fsp3) is 1.00. The van der Waals surface area contributed by atoms with E-state index in [9.17, 15) is 0 Å². The van der Waals surface area contributed by atoms with Crippen LogP contribution < -0.4 is 0 Å². The zero-order valence-electron chi connectivity index (χ0n) is 6.98. The van der Waals surface area contributed by atoms with Crippen molar-refractivity contribution in [1.82, 2.24) is 0 Å². The number of hydrogen-bond donors (Lipinski definition) is 0. The van der Waals surface area contributed by atoms with Crippen molar-refractivity contribution in [2.24, 2.45) is 5.92 Å². The minimum atomic E-state index is -0.184. The van der Waals surface area contributed by atoms with Crippen LogP contribution in [0.1, 0.15) is 27.7 Å². The van der Waals surface area contributed by atoms with Crippen molar-refractivity contribution in [1.29, 1.82) is 0 Å². The van der Waals surface area contributed by atoms with Gasteiger partial charge in [-0.3, -0.25) is 0 Å². The predicted octanol–water partition coefficient (Wildman–Crippen LogP) is 1.84. The lowest BCUT2D eigenvalue weighted by atomic mass is 10.3. The van der Waals surface area contributed by atoms with E-state index < -0.39 is 0 Å². The average Bonchev–Trinajstić information content (AvgIpc) is 1.63. The highest BCUT2D eigenvalue weighted by atomic mass is 27.1. The molecule has 9 heavy (non-hydrogen) atoms. The first-order valence-electron chi connectivity index (χ1n) is 3.74. The number of hydrogen-bond acceptors (Lipinski definition) is 1. The molecule has 0 heterocycles. The maximum atomic E-state index is 5.49. The van der Waals surface area contributed by atoms with Gasteiger partial charge < -0.3 is 3.79 Å². The summed E-state index contributed by atoms with van der Waals surface area (Å²) < 4.78 is 5.49. The molecule has 0 aromatic heterocycles. The minimum Gasteiger partial charge on any atom is -0.501 e. The Morgan fingerprint density at radius 1 is 1.22 bits per heavy atom. The monoisotopic (exact) mass is 144 g/mol. The van der Waals surface area contributed by atoms with Gasteiger partial charge in [0.1, 0.15) is 0 Å². The zero-order valence-corrected chi connectivity index (χ0v) is 8.39. The normalized spacial score (nSPS) is 10.9. The Balaban J connectivity index is 2.91. The molecule has 54 valence electrons. The van der Waals surface area contributed by atoms with Crippen LogP contribution in [0.5, 0.6) is 0 Å². The standard InChI is InChI=1S/C4H9.C3H7O.Al.H/c1-4(2)3;1-3(2)4;;/h4H,1H2,2-3H3;3H,1-2H3;;/q;-1;+1;. The highest BCUT2D eigenvalue weighted by Crippen LogP contribution is 1.99. The molecule has 0 spiro atoms. The van der Waals surface area contributed by atoms with Crippen molar-refractivity contribution in [3.8, 4) is 0 Å². The van der Waals surface area contributed by atoms with E-state index in [0.29, 0.717) is 6.10 Å². The summed E-state index contributed by atoms with van der Waals surface area (Å²) in [6, 6.07) is 0. The summed E-state index contributed by atoms with van der Waals surface area (Å²) in [5.41, 5.74) is 0. The van der Waals surface area contributed by atoms with Crippen LogP contribution in [0.15, 0.2) is 0 Å².